The van der Waals surface area contributed by atoms with Crippen LogP contribution >= 0.6 is 0 Å². The van der Waals surface area contributed by atoms with Crippen molar-refractivity contribution in [3.8, 4) is 0 Å². The first kappa shape index (κ1) is 18.5. The molecule has 1 fully saturated rings. The Labute approximate surface area is 158 Å². The van der Waals surface area contributed by atoms with E-state index in [-0.39, 0.29) is 18.1 Å². The molecule has 1 aliphatic carbocycles. The summed E-state index contributed by atoms with van der Waals surface area (Å²) in [6, 6.07) is 1.14. The van der Waals surface area contributed by atoms with Crippen molar-refractivity contribution >= 4 is 28.7 Å². The Morgan fingerprint density at radius 3 is 2.39 bits per heavy atom. The van der Waals surface area contributed by atoms with Crippen molar-refractivity contribution in [2.75, 3.05) is 17.7 Å². The molecule has 28 heavy (non-hydrogen) atoms. The third kappa shape index (κ3) is 3.35. The lowest BCUT2D eigenvalue weighted by Crippen LogP contribution is -2.22. The monoisotopic (exact) mass is 392 g/mol. The average molecular weight is 392 g/mol. The van der Waals surface area contributed by atoms with Gasteiger partial charge in [0.15, 0.2) is 17.3 Å². The summed E-state index contributed by atoms with van der Waals surface area (Å²) >= 11 is 0. The molecule has 0 unspecified atom stereocenters. The molecule has 2 aromatic heterocycles. The molecule has 0 spiro atoms. The van der Waals surface area contributed by atoms with E-state index in [9.17, 15) is 18.3 Å². The predicted octanol–water partition coefficient (Wildman–Crippen LogP) is 3.50. The molecule has 0 radical (unpaired) electrons. The van der Waals surface area contributed by atoms with Crippen LogP contribution in [0.2, 0.25) is 0 Å². The van der Waals surface area contributed by atoms with E-state index in [1.165, 1.54) is 6.20 Å². The van der Waals surface area contributed by atoms with Gasteiger partial charge in [-0.15, -0.1) is 0 Å². The number of fused-ring (bicyclic) bond motifs is 1. The topological polar surface area (TPSA) is 87.9 Å². The van der Waals surface area contributed by atoms with Crippen LogP contribution in [0.25, 0.3) is 11.2 Å². The van der Waals surface area contributed by atoms with Crippen LogP contribution in [0.15, 0.2) is 18.3 Å². The third-order valence-corrected chi connectivity index (χ3v) is 4.93. The summed E-state index contributed by atoms with van der Waals surface area (Å²) in [5.74, 6) is -2.55. The molecular weight excluding hydrogens is 373 g/mol. The van der Waals surface area contributed by atoms with Crippen LogP contribution < -0.4 is 10.6 Å². The molecule has 0 amide bonds. The van der Waals surface area contributed by atoms with Gasteiger partial charge in [0, 0.05) is 25.2 Å². The normalized spacial score (nSPS) is 19.8. The Bertz CT molecular complexity index is 993. The zero-order valence-corrected chi connectivity index (χ0v) is 15.1. The molecule has 0 aliphatic heterocycles. The molecule has 148 valence electrons. The Kier molecular flexibility index (Phi) is 4.80. The highest BCUT2D eigenvalue weighted by Crippen LogP contribution is 2.35. The number of nitrogens with zero attached hydrogens (tertiary/aromatic N) is 4. The van der Waals surface area contributed by atoms with Crippen LogP contribution in [0.3, 0.4) is 0 Å². The molecule has 3 N–H and O–H groups in total. The maximum atomic E-state index is 14.1. The van der Waals surface area contributed by atoms with Gasteiger partial charge in [-0.05, 0) is 25.7 Å². The predicted molar refractivity (Wildman–Crippen MR) is 98.0 cm³/mol. The fourth-order valence-electron chi connectivity index (χ4n) is 3.54. The van der Waals surface area contributed by atoms with E-state index in [4.69, 9.17) is 0 Å². The molecule has 0 atom stereocenters. The van der Waals surface area contributed by atoms with E-state index in [1.54, 1.807) is 11.6 Å². The number of nitrogens with one attached hydrogen (secondary N) is 2. The molecule has 1 aliphatic rings. The van der Waals surface area contributed by atoms with Gasteiger partial charge in [-0.2, -0.15) is 4.98 Å². The maximum Gasteiger partial charge on any atom is 0.224 e. The minimum Gasteiger partial charge on any atom is -0.393 e. The second kappa shape index (κ2) is 7.27. The zero-order chi connectivity index (χ0) is 19.8. The third-order valence-electron chi connectivity index (χ3n) is 4.93. The van der Waals surface area contributed by atoms with Crippen LogP contribution in [0.4, 0.5) is 30.8 Å². The van der Waals surface area contributed by atoms with Crippen LogP contribution in [0.1, 0.15) is 31.7 Å². The van der Waals surface area contributed by atoms with Crippen LogP contribution in [0.5, 0.6) is 0 Å². The Morgan fingerprint density at radius 2 is 1.75 bits per heavy atom. The van der Waals surface area contributed by atoms with Crippen molar-refractivity contribution < 1.29 is 18.3 Å². The highest BCUT2D eigenvalue weighted by atomic mass is 19.1. The van der Waals surface area contributed by atoms with Crippen LogP contribution in [-0.2, 0) is 0 Å². The number of benzene rings is 1. The number of aliphatic hydroxyl groups is 1. The number of aromatic nitrogens is 4. The summed E-state index contributed by atoms with van der Waals surface area (Å²) < 4.78 is 43.3. The van der Waals surface area contributed by atoms with Crippen molar-refractivity contribution in [3.05, 3.63) is 35.8 Å². The van der Waals surface area contributed by atoms with E-state index in [2.05, 4.69) is 25.6 Å². The molecule has 10 heteroatoms. The summed E-state index contributed by atoms with van der Waals surface area (Å²) in [4.78, 5) is 13.0. The fraction of sp³-hybridized carbons (Fsp3) is 0.389. The molecule has 1 saturated carbocycles. The highest BCUT2D eigenvalue weighted by Gasteiger charge is 2.27. The zero-order valence-electron chi connectivity index (χ0n) is 15.1. The largest absolute Gasteiger partial charge is 0.393 e. The molecular formula is C18H19F3N6O. The number of aliphatic hydroxyl groups excluding tert-OH is 1. The first-order valence-corrected chi connectivity index (χ1v) is 8.98. The number of hydrogen-bond donors (Lipinski definition) is 3. The maximum absolute atomic E-state index is 14.1. The van der Waals surface area contributed by atoms with Crippen molar-refractivity contribution in [3.63, 3.8) is 0 Å². The summed E-state index contributed by atoms with van der Waals surface area (Å²) in [6.45, 7) is 0. The van der Waals surface area contributed by atoms with Gasteiger partial charge < -0.3 is 15.7 Å². The van der Waals surface area contributed by atoms with Gasteiger partial charge in [0.1, 0.15) is 17.0 Å². The Morgan fingerprint density at radius 1 is 1.07 bits per heavy atom. The second-order valence-corrected chi connectivity index (χ2v) is 6.79. The molecule has 7 nitrogen and oxygen atoms in total. The van der Waals surface area contributed by atoms with E-state index >= 15 is 0 Å². The molecule has 4 rings (SSSR count). The van der Waals surface area contributed by atoms with Gasteiger partial charge in [-0.1, -0.05) is 0 Å². The van der Waals surface area contributed by atoms with Crippen LogP contribution in [-0.4, -0.2) is 37.8 Å². The van der Waals surface area contributed by atoms with Crippen molar-refractivity contribution in [1.29, 1.82) is 0 Å². The van der Waals surface area contributed by atoms with E-state index in [1.807, 2.05) is 0 Å². The number of imidazole rings is 1. The van der Waals surface area contributed by atoms with Gasteiger partial charge >= 0.3 is 0 Å². The molecule has 2 heterocycles. The first-order valence-electron chi connectivity index (χ1n) is 8.98. The second-order valence-electron chi connectivity index (χ2n) is 6.79. The molecule has 1 aromatic carbocycles. The van der Waals surface area contributed by atoms with Gasteiger partial charge in [-0.25, -0.2) is 23.1 Å². The van der Waals surface area contributed by atoms with Crippen molar-refractivity contribution in [2.45, 2.75) is 37.8 Å². The van der Waals surface area contributed by atoms with Crippen LogP contribution in [0, 0.1) is 17.5 Å². The standard InChI is InChI=1S/C18H19F3N6O/c1-22-17-23-8-14-16(26-17)27(10-2-4-11(28)5-3-10)18(24-14)25-15-12(20)6-9(19)7-13(15)21/h6-8,10-11,28H,2-5H2,1H3,(H,24,25)(H,22,23,26). The average Bonchev–Trinajstić information content (AvgIpc) is 3.02. The van der Waals surface area contributed by atoms with E-state index in [0.717, 1.165) is 0 Å². The lowest BCUT2D eigenvalue weighted by atomic mass is 9.93. The summed E-state index contributed by atoms with van der Waals surface area (Å²) in [7, 11) is 1.68. The molecule has 0 bridgehead atoms. The molecule has 3 aromatic rings. The quantitative estimate of drug-likeness (QED) is 0.630. The van der Waals surface area contributed by atoms with Gasteiger partial charge in [0.25, 0.3) is 0 Å². The van der Waals surface area contributed by atoms with Gasteiger partial charge in [-0.3, -0.25) is 4.57 Å². The summed E-state index contributed by atoms with van der Waals surface area (Å²) in [6.07, 6.45) is 3.69. The highest BCUT2D eigenvalue weighted by molar-refractivity contribution is 5.76. The minimum absolute atomic E-state index is 0.0675. The van der Waals surface area contributed by atoms with E-state index in [0.29, 0.717) is 54.9 Å². The Hall–Kier alpha value is -2.88. The lowest BCUT2D eigenvalue weighted by Gasteiger charge is -2.28. The Balaban J connectivity index is 1.82. The van der Waals surface area contributed by atoms with Crippen molar-refractivity contribution in [1.82, 2.24) is 19.5 Å². The number of hydrogen-bond acceptors (Lipinski definition) is 6. The van der Waals surface area contributed by atoms with Crippen molar-refractivity contribution in [2.24, 2.45) is 0 Å². The first-order chi connectivity index (χ1) is 13.5. The number of anilines is 3. The fourth-order valence-corrected chi connectivity index (χ4v) is 3.54. The summed E-state index contributed by atoms with van der Waals surface area (Å²) in [5, 5.41) is 15.3. The number of rotatable bonds is 4. The summed E-state index contributed by atoms with van der Waals surface area (Å²) in [5.41, 5.74) is 0.470. The van der Waals surface area contributed by atoms with E-state index < -0.39 is 23.1 Å². The minimum atomic E-state index is -1.06. The SMILES string of the molecule is CNc1ncc2nc(Nc3c(F)cc(F)cc3F)n(C3CCC(O)CC3)c2n1. The smallest absolute Gasteiger partial charge is 0.224 e. The molecule has 0 saturated heterocycles. The van der Waals surface area contributed by atoms with Gasteiger partial charge in [0.2, 0.25) is 11.9 Å². The van der Waals surface area contributed by atoms with Gasteiger partial charge in [0.05, 0.1) is 12.3 Å². The lowest BCUT2D eigenvalue weighted by molar-refractivity contribution is 0.112. The number of halogens is 3.